The van der Waals surface area contributed by atoms with Gasteiger partial charge in [0.15, 0.2) is 0 Å². The highest BCUT2D eigenvalue weighted by Crippen LogP contribution is 2.53. The van der Waals surface area contributed by atoms with Crippen LogP contribution in [0.15, 0.2) is 249 Å². The van der Waals surface area contributed by atoms with E-state index < -0.39 is 0 Å². The maximum Gasteiger partial charge on any atom is 0.0588 e. The van der Waals surface area contributed by atoms with Crippen molar-refractivity contribution in [2.75, 3.05) is 9.80 Å². The molecule has 3 heteroatoms. The van der Waals surface area contributed by atoms with Gasteiger partial charge in [-0.05, 0) is 142 Å². The Kier molecular flexibility index (Phi) is 10.2. The van der Waals surface area contributed by atoms with Crippen LogP contribution in [0.2, 0.25) is 0 Å². The normalized spacial score (nSPS) is 12.6. The van der Waals surface area contributed by atoms with Crippen molar-refractivity contribution in [2.45, 2.75) is 19.3 Å². The van der Waals surface area contributed by atoms with Crippen molar-refractivity contribution >= 4 is 68.1 Å². The lowest BCUT2D eigenvalue weighted by Gasteiger charge is -2.25. The van der Waals surface area contributed by atoms with Crippen LogP contribution in [0.25, 0.3) is 61.9 Å². The van der Waals surface area contributed by atoms with Gasteiger partial charge in [-0.15, -0.1) is 0 Å². The Labute approximate surface area is 398 Å². The molecule has 0 atom stereocenters. The number of anilines is 6. The average Bonchev–Trinajstić information content (AvgIpc) is 3.85. The molecule has 0 fully saturated rings. The summed E-state index contributed by atoms with van der Waals surface area (Å²) in [4.78, 5) is 4.61. The maximum absolute atomic E-state index is 2.50. The molecule has 0 aliphatic heterocycles. The Morgan fingerprint density at radius 2 is 0.809 bits per heavy atom. The minimum Gasteiger partial charge on any atom is -0.311 e. The van der Waals surface area contributed by atoms with Gasteiger partial charge in [-0.25, -0.2) is 0 Å². The van der Waals surface area contributed by atoms with Gasteiger partial charge in [0.25, 0.3) is 0 Å². The lowest BCUT2D eigenvalue weighted by atomic mass is 9.81. The minimum atomic E-state index is -0.253. The van der Waals surface area contributed by atoms with Crippen LogP contribution in [0.5, 0.6) is 0 Å². The molecular weight excluding hydrogens is 823 g/mol. The maximum atomic E-state index is 2.50. The summed E-state index contributed by atoms with van der Waals surface area (Å²) in [6.45, 7) is 4.81. The van der Waals surface area contributed by atoms with Gasteiger partial charge in [-0.1, -0.05) is 178 Å². The van der Waals surface area contributed by atoms with Crippen molar-refractivity contribution in [1.29, 1.82) is 0 Å². The Hall–Kier alpha value is -8.66. The highest BCUT2D eigenvalue weighted by molar-refractivity contribution is 6.14. The molecule has 0 N–H and O–H groups in total. The zero-order chi connectivity index (χ0) is 45.6. The van der Waals surface area contributed by atoms with Gasteiger partial charge < -0.3 is 14.4 Å². The first kappa shape index (κ1) is 40.8. The van der Waals surface area contributed by atoms with E-state index in [1.165, 1.54) is 60.8 Å². The van der Waals surface area contributed by atoms with Gasteiger partial charge in [-0.2, -0.15) is 0 Å². The molecule has 0 bridgehead atoms. The molecular formula is C65H49N3. The molecule has 0 unspecified atom stereocenters. The summed E-state index contributed by atoms with van der Waals surface area (Å²) in [6, 6.07) is 89.8. The van der Waals surface area contributed by atoms with Crippen LogP contribution in [-0.2, 0) is 5.41 Å². The van der Waals surface area contributed by atoms with Crippen molar-refractivity contribution in [3.05, 3.63) is 271 Å². The van der Waals surface area contributed by atoms with Crippen LogP contribution in [0.4, 0.5) is 34.1 Å². The molecule has 0 saturated heterocycles. The molecule has 0 saturated carbocycles. The quantitative estimate of drug-likeness (QED) is 0.127. The second-order valence-electron chi connectivity index (χ2n) is 18.2. The molecule has 1 aliphatic rings. The summed E-state index contributed by atoms with van der Waals surface area (Å²) in [5.41, 5.74) is 20.2. The second-order valence-corrected chi connectivity index (χ2v) is 18.2. The molecule has 11 aromatic rings. The average molecular weight is 872 g/mol. The molecule has 1 aromatic heterocycles. The van der Waals surface area contributed by atoms with Crippen LogP contribution in [0.3, 0.4) is 0 Å². The predicted octanol–water partition coefficient (Wildman–Crippen LogP) is 17.9. The standard InChI is InChI=1S/C65H49N3/c1-65(2)61-44-47(29-28-46-30-36-55(37-31-46)66(50-18-8-3-9-19-50)51-20-10-4-11-21-51)32-40-57(61)58-41-42-59-60-45-49(35-43-62(60)68(64(59)63(58)65)54-26-16-7-17-27-54)48-33-38-56(39-34-48)67(52-22-12-5-13-23-52)53-24-14-6-15-25-53/h3-45H,1-2H3. The Balaban J connectivity index is 0.894. The first-order chi connectivity index (χ1) is 33.5. The lowest BCUT2D eigenvalue weighted by molar-refractivity contribution is 0.663. The van der Waals surface area contributed by atoms with Gasteiger partial charge in [0.2, 0.25) is 0 Å². The Morgan fingerprint density at radius 3 is 1.35 bits per heavy atom. The smallest absolute Gasteiger partial charge is 0.0588 e. The number of para-hydroxylation sites is 5. The second kappa shape index (κ2) is 17.0. The van der Waals surface area contributed by atoms with Gasteiger partial charge in [-0.3, -0.25) is 0 Å². The summed E-state index contributed by atoms with van der Waals surface area (Å²) < 4.78 is 2.50. The van der Waals surface area contributed by atoms with Crippen LogP contribution in [-0.4, -0.2) is 4.57 Å². The fourth-order valence-corrected chi connectivity index (χ4v) is 10.5. The van der Waals surface area contributed by atoms with Crippen molar-refractivity contribution in [1.82, 2.24) is 4.57 Å². The number of fused-ring (bicyclic) bond motifs is 7. The van der Waals surface area contributed by atoms with Gasteiger partial charge in [0.1, 0.15) is 0 Å². The van der Waals surface area contributed by atoms with Crippen molar-refractivity contribution < 1.29 is 0 Å². The number of hydrogen-bond donors (Lipinski definition) is 0. The number of hydrogen-bond acceptors (Lipinski definition) is 2. The van der Waals surface area contributed by atoms with Crippen LogP contribution in [0.1, 0.15) is 36.1 Å². The summed E-state index contributed by atoms with van der Waals surface area (Å²) in [5.74, 6) is 0. The minimum absolute atomic E-state index is 0.253. The molecule has 0 radical (unpaired) electrons. The van der Waals surface area contributed by atoms with Crippen molar-refractivity contribution in [2.24, 2.45) is 0 Å². The van der Waals surface area contributed by atoms with E-state index in [1.807, 2.05) is 0 Å². The molecule has 0 amide bonds. The van der Waals surface area contributed by atoms with E-state index in [0.717, 1.165) is 45.4 Å². The molecule has 10 aromatic carbocycles. The van der Waals surface area contributed by atoms with Gasteiger partial charge >= 0.3 is 0 Å². The van der Waals surface area contributed by atoms with E-state index in [4.69, 9.17) is 0 Å². The van der Waals surface area contributed by atoms with E-state index in [-0.39, 0.29) is 5.41 Å². The van der Waals surface area contributed by atoms with Crippen molar-refractivity contribution in [3.8, 4) is 27.9 Å². The Bertz CT molecular complexity index is 3520. The zero-order valence-electron chi connectivity index (χ0n) is 38.2. The molecule has 0 spiro atoms. The molecule has 12 rings (SSSR count). The lowest BCUT2D eigenvalue weighted by Crippen LogP contribution is -2.16. The van der Waals surface area contributed by atoms with Crippen LogP contribution >= 0.6 is 0 Å². The topological polar surface area (TPSA) is 11.4 Å². The van der Waals surface area contributed by atoms with Gasteiger partial charge in [0.05, 0.1) is 11.0 Å². The third-order valence-electron chi connectivity index (χ3n) is 13.7. The third-order valence-corrected chi connectivity index (χ3v) is 13.7. The number of rotatable bonds is 10. The van der Waals surface area contributed by atoms with E-state index in [0.29, 0.717) is 0 Å². The van der Waals surface area contributed by atoms with E-state index in [9.17, 15) is 0 Å². The van der Waals surface area contributed by atoms with E-state index in [2.05, 4.69) is 289 Å². The third kappa shape index (κ3) is 7.17. The highest BCUT2D eigenvalue weighted by atomic mass is 15.1. The summed E-state index contributed by atoms with van der Waals surface area (Å²) in [5, 5.41) is 2.52. The number of benzene rings is 10. The highest BCUT2D eigenvalue weighted by Gasteiger charge is 2.39. The van der Waals surface area contributed by atoms with E-state index >= 15 is 0 Å². The fourth-order valence-electron chi connectivity index (χ4n) is 10.5. The largest absolute Gasteiger partial charge is 0.311 e. The first-order valence-electron chi connectivity index (χ1n) is 23.5. The fraction of sp³-hybridized carbons (Fsp3) is 0.0462. The molecule has 1 aliphatic carbocycles. The summed E-state index contributed by atoms with van der Waals surface area (Å²) in [6.07, 6.45) is 4.49. The monoisotopic (exact) mass is 871 g/mol. The van der Waals surface area contributed by atoms with Crippen molar-refractivity contribution in [3.63, 3.8) is 0 Å². The van der Waals surface area contributed by atoms with Crippen LogP contribution < -0.4 is 9.80 Å². The van der Waals surface area contributed by atoms with Gasteiger partial charge in [0, 0.05) is 56.0 Å². The predicted molar refractivity (Wildman–Crippen MR) is 289 cm³/mol. The summed E-state index contributed by atoms with van der Waals surface area (Å²) in [7, 11) is 0. The number of nitrogens with zero attached hydrogens (tertiary/aromatic N) is 3. The molecule has 324 valence electrons. The summed E-state index contributed by atoms with van der Waals surface area (Å²) >= 11 is 0. The SMILES string of the molecule is CC1(C)c2cc(C=Cc3ccc(N(c4ccccc4)c4ccccc4)cc3)ccc2-c2ccc3c4cc(-c5ccc(N(c6ccccc6)c6ccccc6)cc5)ccc4n(-c4ccccc4)c3c21. The molecule has 3 nitrogen and oxygen atoms in total. The Morgan fingerprint density at radius 1 is 0.368 bits per heavy atom. The van der Waals surface area contributed by atoms with Crippen LogP contribution in [0, 0.1) is 0 Å². The molecule has 1 heterocycles. The molecule has 68 heavy (non-hydrogen) atoms. The first-order valence-corrected chi connectivity index (χ1v) is 23.5. The van der Waals surface area contributed by atoms with E-state index in [1.54, 1.807) is 0 Å². The zero-order valence-corrected chi connectivity index (χ0v) is 38.2. The number of aromatic nitrogens is 1.